The molecule has 0 rings (SSSR count). The summed E-state index contributed by atoms with van der Waals surface area (Å²) in [5.74, 6) is -1.13. The second kappa shape index (κ2) is 10.5. The van der Waals surface area contributed by atoms with Gasteiger partial charge in [0.2, 0.25) is 0 Å². The Hall–Kier alpha value is -1.06. The van der Waals surface area contributed by atoms with Crippen molar-refractivity contribution in [1.82, 2.24) is 0 Å². The summed E-state index contributed by atoms with van der Waals surface area (Å²) in [6.45, 7) is 14.9. The summed E-state index contributed by atoms with van der Waals surface area (Å²) < 4.78 is 48.0. The molecule has 96 valence electrons. The van der Waals surface area contributed by atoms with Gasteiger partial charge in [-0.25, -0.2) is 4.39 Å². The lowest BCUT2D eigenvalue weighted by molar-refractivity contribution is -0.0893. The van der Waals surface area contributed by atoms with Crippen LogP contribution in [0.1, 0.15) is 34.6 Å². The van der Waals surface area contributed by atoms with Crippen LogP contribution in [0.25, 0.3) is 0 Å². The summed E-state index contributed by atoms with van der Waals surface area (Å²) >= 11 is 0. The fourth-order valence-corrected chi connectivity index (χ4v) is 0.604. The molecule has 0 aromatic heterocycles. The van der Waals surface area contributed by atoms with Gasteiger partial charge < -0.3 is 0 Å². The molecule has 0 aromatic carbocycles. The first kappa shape index (κ1) is 20.4. The Kier molecular flexibility index (Phi) is 13.3. The molecule has 0 radical (unpaired) electrons. The van der Waals surface area contributed by atoms with Gasteiger partial charge in [0.15, 0.2) is 0 Å². The predicted molar refractivity (Wildman–Crippen MR) is 61.9 cm³/mol. The zero-order valence-corrected chi connectivity index (χ0v) is 10.5. The standard InChI is InChI=1S/C8H8F4.2C2H6/c1-5(2)7(4-6(3)9)8(10,11)12;2*1-2/h4H,1,3H2,2H3;2*1-2H3/b7-4+;;. The molecule has 0 heterocycles. The lowest BCUT2D eigenvalue weighted by Gasteiger charge is -2.10. The molecule has 0 aliphatic carbocycles. The molecule has 4 heteroatoms. The summed E-state index contributed by atoms with van der Waals surface area (Å²) in [7, 11) is 0. The molecule has 0 fully saturated rings. The highest BCUT2D eigenvalue weighted by Crippen LogP contribution is 2.31. The van der Waals surface area contributed by atoms with Crippen LogP contribution in [0.2, 0.25) is 0 Å². The van der Waals surface area contributed by atoms with Crippen molar-refractivity contribution in [2.24, 2.45) is 0 Å². The van der Waals surface area contributed by atoms with Gasteiger partial charge in [-0.2, -0.15) is 13.2 Å². The summed E-state index contributed by atoms with van der Waals surface area (Å²) in [4.78, 5) is 0. The lowest BCUT2D eigenvalue weighted by Crippen LogP contribution is -2.12. The van der Waals surface area contributed by atoms with Gasteiger partial charge in [-0.3, -0.25) is 0 Å². The molecule has 0 aliphatic heterocycles. The van der Waals surface area contributed by atoms with E-state index in [1.54, 1.807) is 0 Å². The number of halogens is 4. The Bertz CT molecular complexity index is 234. The van der Waals surface area contributed by atoms with Gasteiger partial charge in [-0.05, 0) is 18.6 Å². The van der Waals surface area contributed by atoms with Crippen LogP contribution in [0.4, 0.5) is 17.6 Å². The average molecular weight is 240 g/mol. The van der Waals surface area contributed by atoms with Gasteiger partial charge in [0.05, 0.1) is 5.57 Å². The van der Waals surface area contributed by atoms with E-state index in [-0.39, 0.29) is 5.57 Å². The van der Waals surface area contributed by atoms with E-state index in [2.05, 4.69) is 13.2 Å². The van der Waals surface area contributed by atoms with Gasteiger partial charge in [0.1, 0.15) is 5.83 Å². The van der Waals surface area contributed by atoms with Crippen LogP contribution in [0.15, 0.2) is 36.2 Å². The van der Waals surface area contributed by atoms with E-state index in [0.29, 0.717) is 6.08 Å². The first-order valence-electron chi connectivity index (χ1n) is 5.04. The molecular weight excluding hydrogens is 220 g/mol. The second-order valence-corrected chi connectivity index (χ2v) is 2.28. The second-order valence-electron chi connectivity index (χ2n) is 2.28. The predicted octanol–water partition coefficient (Wildman–Crippen LogP) is 5.59. The van der Waals surface area contributed by atoms with E-state index in [1.807, 2.05) is 27.7 Å². The number of allylic oxidation sites excluding steroid dienone is 4. The first-order valence-corrected chi connectivity index (χ1v) is 5.04. The molecule has 0 bridgehead atoms. The summed E-state index contributed by atoms with van der Waals surface area (Å²) in [5, 5.41) is 0. The number of alkyl halides is 3. The van der Waals surface area contributed by atoms with Crippen molar-refractivity contribution >= 4 is 0 Å². The quantitative estimate of drug-likeness (QED) is 0.436. The van der Waals surface area contributed by atoms with E-state index in [1.165, 1.54) is 0 Å². The van der Waals surface area contributed by atoms with Crippen LogP contribution in [0, 0.1) is 0 Å². The smallest absolute Gasteiger partial charge is 0.208 e. The highest BCUT2D eigenvalue weighted by molar-refractivity contribution is 5.34. The molecule has 0 amide bonds. The highest BCUT2D eigenvalue weighted by Gasteiger charge is 2.33. The van der Waals surface area contributed by atoms with Crippen LogP contribution < -0.4 is 0 Å². The summed E-state index contributed by atoms with van der Waals surface area (Å²) in [5.41, 5.74) is -1.32. The normalized spacial score (nSPS) is 10.4. The minimum absolute atomic E-state index is 0.235. The van der Waals surface area contributed by atoms with Gasteiger partial charge in [-0.15, -0.1) is 0 Å². The zero-order chi connectivity index (χ0) is 13.9. The van der Waals surface area contributed by atoms with E-state index in [4.69, 9.17) is 0 Å². The van der Waals surface area contributed by atoms with Gasteiger partial charge in [0, 0.05) is 0 Å². The lowest BCUT2D eigenvalue weighted by atomic mass is 10.1. The van der Waals surface area contributed by atoms with Crippen molar-refractivity contribution in [2.45, 2.75) is 40.8 Å². The molecule has 0 saturated heterocycles. The van der Waals surface area contributed by atoms with Crippen LogP contribution >= 0.6 is 0 Å². The Morgan fingerprint density at radius 2 is 1.31 bits per heavy atom. The van der Waals surface area contributed by atoms with E-state index in [9.17, 15) is 17.6 Å². The van der Waals surface area contributed by atoms with Crippen molar-refractivity contribution in [3.05, 3.63) is 36.2 Å². The molecular formula is C12H20F4. The van der Waals surface area contributed by atoms with Crippen molar-refractivity contribution in [2.75, 3.05) is 0 Å². The van der Waals surface area contributed by atoms with Gasteiger partial charge >= 0.3 is 6.18 Å². The molecule has 16 heavy (non-hydrogen) atoms. The maximum absolute atomic E-state index is 12.0. The molecule has 0 atom stereocenters. The largest absolute Gasteiger partial charge is 0.416 e. The number of rotatable bonds is 2. The van der Waals surface area contributed by atoms with Crippen molar-refractivity contribution in [3.63, 3.8) is 0 Å². The van der Waals surface area contributed by atoms with Crippen molar-refractivity contribution in [1.29, 1.82) is 0 Å². The Morgan fingerprint density at radius 3 is 1.38 bits per heavy atom. The van der Waals surface area contributed by atoms with E-state index >= 15 is 0 Å². The first-order chi connectivity index (χ1) is 7.25. The maximum Gasteiger partial charge on any atom is 0.416 e. The van der Waals surface area contributed by atoms with Crippen LogP contribution in [-0.2, 0) is 0 Å². The molecule has 0 aromatic rings. The monoisotopic (exact) mass is 240 g/mol. The zero-order valence-electron chi connectivity index (χ0n) is 10.5. The topological polar surface area (TPSA) is 0 Å². The fourth-order valence-electron chi connectivity index (χ4n) is 0.604. The third kappa shape index (κ3) is 11.0. The third-order valence-corrected chi connectivity index (χ3v) is 1.07. The number of hydrogen-bond donors (Lipinski definition) is 0. The molecule has 0 spiro atoms. The average Bonchev–Trinajstić information content (AvgIpc) is 2.18. The highest BCUT2D eigenvalue weighted by atomic mass is 19.4. The van der Waals surface area contributed by atoms with Crippen molar-refractivity contribution in [3.8, 4) is 0 Å². The molecule has 0 saturated carbocycles. The summed E-state index contributed by atoms with van der Waals surface area (Å²) in [6, 6.07) is 0. The maximum atomic E-state index is 12.0. The molecule has 0 aliphatic rings. The third-order valence-electron chi connectivity index (χ3n) is 1.07. The van der Waals surface area contributed by atoms with E-state index in [0.717, 1.165) is 6.92 Å². The van der Waals surface area contributed by atoms with Crippen LogP contribution in [0.5, 0.6) is 0 Å². The van der Waals surface area contributed by atoms with Crippen molar-refractivity contribution < 1.29 is 17.6 Å². The minimum Gasteiger partial charge on any atom is -0.208 e. The van der Waals surface area contributed by atoms with Crippen LogP contribution in [-0.4, -0.2) is 6.18 Å². The molecule has 0 nitrogen and oxygen atoms in total. The fraction of sp³-hybridized carbons (Fsp3) is 0.500. The van der Waals surface area contributed by atoms with Gasteiger partial charge in [0.25, 0.3) is 0 Å². The molecule has 0 N–H and O–H groups in total. The Labute approximate surface area is 95.4 Å². The summed E-state index contributed by atoms with van der Waals surface area (Å²) in [6.07, 6.45) is -4.25. The SMILES string of the molecule is C=C(F)/C=C(\C(=C)C)C(F)(F)F.CC.CC. The van der Waals surface area contributed by atoms with E-state index < -0.39 is 17.6 Å². The number of hydrogen-bond acceptors (Lipinski definition) is 0. The van der Waals surface area contributed by atoms with Crippen LogP contribution in [0.3, 0.4) is 0 Å². The molecule has 0 unspecified atom stereocenters. The van der Waals surface area contributed by atoms with Gasteiger partial charge in [-0.1, -0.05) is 40.9 Å². The minimum atomic E-state index is -4.57. The Morgan fingerprint density at radius 1 is 1.00 bits per heavy atom. The Balaban J connectivity index is -0.000000376.